The highest BCUT2D eigenvalue weighted by Crippen LogP contribution is 2.45. The molecule has 4 aromatic rings. The number of hydrogen-bond donors (Lipinski definition) is 0. The number of alkyl halides is 3. The fraction of sp³-hybridized carbons (Fsp3) is 0.323. The molecule has 2 aromatic heterocycles. The normalized spacial score (nSPS) is 16.0. The van der Waals surface area contributed by atoms with Crippen LogP contribution in [0.15, 0.2) is 66.7 Å². The van der Waals surface area contributed by atoms with Crippen LogP contribution in [0.1, 0.15) is 22.5 Å². The maximum absolute atomic E-state index is 13.7. The number of fused-ring (bicyclic) bond motifs is 1. The van der Waals surface area contributed by atoms with E-state index in [1.807, 2.05) is 60.7 Å². The van der Waals surface area contributed by atoms with Crippen molar-refractivity contribution in [2.75, 3.05) is 33.7 Å². The summed E-state index contributed by atoms with van der Waals surface area (Å²) in [4.78, 5) is 41.5. The number of hydrogen-bond acceptors (Lipinski definition) is 6. The predicted molar refractivity (Wildman–Crippen MR) is 155 cm³/mol. The highest BCUT2D eigenvalue weighted by molar-refractivity contribution is 7.21. The van der Waals surface area contributed by atoms with E-state index in [0.29, 0.717) is 22.7 Å². The number of carbonyl (C=O) groups excluding carboxylic acids is 3. The van der Waals surface area contributed by atoms with E-state index in [4.69, 9.17) is 0 Å². The monoisotopic (exact) mass is 597 g/mol. The van der Waals surface area contributed by atoms with E-state index in [1.165, 1.54) is 6.07 Å². The van der Waals surface area contributed by atoms with Gasteiger partial charge in [-0.15, -0.1) is 11.3 Å². The van der Waals surface area contributed by atoms with Crippen molar-refractivity contribution in [3.63, 3.8) is 0 Å². The maximum Gasteiger partial charge on any atom is 0.491 e. The van der Waals surface area contributed by atoms with Crippen molar-refractivity contribution in [3.8, 4) is 22.4 Å². The summed E-state index contributed by atoms with van der Waals surface area (Å²) in [7, 11) is 3.85. The molecule has 1 amide bonds. The summed E-state index contributed by atoms with van der Waals surface area (Å²) in [5.41, 5.74) is 3.60. The van der Waals surface area contributed by atoms with Gasteiger partial charge in [0.1, 0.15) is 11.4 Å². The fourth-order valence-electron chi connectivity index (χ4n) is 5.52. The quantitative estimate of drug-likeness (QED) is 0.191. The number of aromatic nitrogens is 1. The van der Waals surface area contributed by atoms with Gasteiger partial charge in [0.2, 0.25) is 5.91 Å². The van der Waals surface area contributed by atoms with Crippen LogP contribution in [0.3, 0.4) is 0 Å². The molecule has 0 saturated carbocycles. The lowest BCUT2D eigenvalue weighted by atomic mass is 9.98. The summed E-state index contributed by atoms with van der Waals surface area (Å²) in [6, 6.07) is 20.3. The molecular weight excluding hydrogens is 567 g/mol. The van der Waals surface area contributed by atoms with Gasteiger partial charge in [-0.25, -0.2) is 9.59 Å². The molecule has 42 heavy (non-hydrogen) atoms. The van der Waals surface area contributed by atoms with E-state index >= 15 is 0 Å². The van der Waals surface area contributed by atoms with E-state index in [1.54, 1.807) is 16.5 Å². The van der Waals surface area contributed by atoms with Crippen LogP contribution in [0.4, 0.5) is 13.2 Å². The van der Waals surface area contributed by atoms with Crippen LogP contribution in [0.2, 0.25) is 0 Å². The number of likely N-dealkylation sites (tertiary alicyclic amines) is 1. The van der Waals surface area contributed by atoms with E-state index in [9.17, 15) is 27.6 Å². The number of piperidine rings is 1. The smallest absolute Gasteiger partial charge is 0.382 e. The van der Waals surface area contributed by atoms with Crippen molar-refractivity contribution in [1.82, 2.24) is 14.4 Å². The highest BCUT2D eigenvalue weighted by Gasteiger charge is 2.43. The number of halogens is 3. The molecule has 0 aliphatic carbocycles. The highest BCUT2D eigenvalue weighted by atomic mass is 32.1. The lowest BCUT2D eigenvalue weighted by Crippen LogP contribution is -2.40. The Morgan fingerprint density at radius 3 is 2.29 bits per heavy atom. The Morgan fingerprint density at radius 1 is 1.02 bits per heavy atom. The van der Waals surface area contributed by atoms with Crippen LogP contribution in [0, 0.1) is 5.92 Å². The number of ether oxygens (including phenoxy) is 1. The fourth-order valence-corrected chi connectivity index (χ4v) is 6.62. The summed E-state index contributed by atoms with van der Waals surface area (Å²) in [6.45, 7) is 2.49. The van der Waals surface area contributed by atoms with Crippen molar-refractivity contribution in [2.24, 2.45) is 5.92 Å². The number of amides is 1. The lowest BCUT2D eigenvalue weighted by molar-refractivity contribution is -0.193. The molecule has 2 aromatic carbocycles. The third-order valence-corrected chi connectivity index (χ3v) is 8.56. The Kier molecular flexibility index (Phi) is 8.51. The van der Waals surface area contributed by atoms with Crippen molar-refractivity contribution in [2.45, 2.75) is 25.6 Å². The van der Waals surface area contributed by atoms with Crippen LogP contribution < -0.4 is 0 Å². The van der Waals surface area contributed by atoms with Gasteiger partial charge in [0.25, 0.3) is 0 Å². The Labute approximate surface area is 245 Å². The zero-order valence-electron chi connectivity index (χ0n) is 23.2. The topological polar surface area (TPSA) is 71.8 Å². The van der Waals surface area contributed by atoms with Gasteiger partial charge < -0.3 is 19.1 Å². The first kappa shape index (κ1) is 29.5. The molecule has 11 heteroatoms. The van der Waals surface area contributed by atoms with Crippen LogP contribution in [-0.2, 0) is 20.9 Å². The predicted octanol–water partition coefficient (Wildman–Crippen LogP) is 6.08. The minimum Gasteiger partial charge on any atom is -0.382 e. The maximum atomic E-state index is 13.7. The largest absolute Gasteiger partial charge is 0.491 e. The third kappa shape index (κ3) is 6.27. The van der Waals surface area contributed by atoms with Crippen LogP contribution in [0.5, 0.6) is 0 Å². The van der Waals surface area contributed by atoms with Crippen molar-refractivity contribution in [3.05, 3.63) is 71.6 Å². The minimum atomic E-state index is -5.30. The Morgan fingerprint density at radius 2 is 1.67 bits per heavy atom. The van der Waals surface area contributed by atoms with Gasteiger partial charge in [-0.05, 0) is 49.5 Å². The second kappa shape index (κ2) is 12.1. The molecule has 5 rings (SSSR count). The SMILES string of the molecule is CN1CCCC(CN(C)C(=O)Cn2c(-c3ccccc3)c(-c3ccccc3)c3sc(C(=O)OC(=O)C(F)(F)F)cc32)C1. The lowest BCUT2D eigenvalue weighted by Gasteiger charge is -2.32. The Hall–Kier alpha value is -3.96. The summed E-state index contributed by atoms with van der Waals surface area (Å²) < 4.78 is 44.9. The number of likely N-dealkylation sites (N-methyl/N-ethyl adjacent to an activating group) is 1. The average Bonchev–Trinajstić information content (AvgIpc) is 3.51. The molecule has 0 N–H and O–H groups in total. The van der Waals surface area contributed by atoms with Gasteiger partial charge in [-0.1, -0.05) is 60.7 Å². The van der Waals surface area contributed by atoms with Gasteiger partial charge >= 0.3 is 18.1 Å². The third-order valence-electron chi connectivity index (χ3n) is 7.44. The number of carbonyl (C=O) groups is 3. The van der Waals surface area contributed by atoms with Gasteiger partial charge in [-0.3, -0.25) is 4.79 Å². The average molecular weight is 598 g/mol. The van der Waals surface area contributed by atoms with E-state index in [0.717, 1.165) is 59.7 Å². The zero-order valence-corrected chi connectivity index (χ0v) is 24.0. The number of esters is 2. The second-order valence-corrected chi connectivity index (χ2v) is 11.6. The molecule has 0 radical (unpaired) electrons. The van der Waals surface area contributed by atoms with Crippen molar-refractivity contribution >= 4 is 39.4 Å². The molecule has 0 bridgehead atoms. The summed E-state index contributed by atoms with van der Waals surface area (Å²) in [5.74, 6) is -3.76. The molecule has 1 aliphatic heterocycles. The second-order valence-electron chi connectivity index (χ2n) is 10.6. The number of nitrogens with zero attached hydrogens (tertiary/aromatic N) is 3. The summed E-state index contributed by atoms with van der Waals surface area (Å²) in [6.07, 6.45) is -3.19. The molecule has 0 spiro atoms. The van der Waals surface area contributed by atoms with Gasteiger partial charge in [0, 0.05) is 25.7 Å². The number of thiophene rings is 1. The first-order chi connectivity index (χ1) is 20.0. The minimum absolute atomic E-state index is 0.0562. The van der Waals surface area contributed by atoms with Crippen LogP contribution in [-0.4, -0.2) is 72.1 Å². The standard InChI is InChI=1S/C31H30F3N3O4S/c1-35-15-9-10-20(17-35)18-36(2)25(38)19-37-23-16-24(29(39)41-30(40)31(32,33)34)42-28(23)26(21-11-5-3-6-12-21)27(37)22-13-7-4-8-14-22/h3-8,11-14,16,20H,9-10,15,17-19H2,1-2H3. The molecule has 1 unspecified atom stereocenters. The van der Waals surface area contributed by atoms with Gasteiger partial charge in [0.05, 0.1) is 15.9 Å². The zero-order chi connectivity index (χ0) is 30.0. The first-order valence-electron chi connectivity index (χ1n) is 13.6. The Balaban J connectivity index is 1.60. The van der Waals surface area contributed by atoms with Crippen molar-refractivity contribution < 1.29 is 32.3 Å². The molecule has 7 nitrogen and oxygen atoms in total. The molecule has 1 aliphatic rings. The molecule has 1 atom stereocenters. The van der Waals surface area contributed by atoms with E-state index in [2.05, 4.69) is 16.7 Å². The molecular formula is C31H30F3N3O4S. The Bertz CT molecular complexity index is 1600. The van der Waals surface area contributed by atoms with Crippen molar-refractivity contribution in [1.29, 1.82) is 0 Å². The summed E-state index contributed by atoms with van der Waals surface area (Å²) in [5, 5.41) is 0. The molecule has 220 valence electrons. The molecule has 3 heterocycles. The number of benzene rings is 2. The van der Waals surface area contributed by atoms with Gasteiger partial charge in [0.15, 0.2) is 0 Å². The van der Waals surface area contributed by atoms with E-state index < -0.39 is 18.1 Å². The molecule has 1 fully saturated rings. The van der Waals surface area contributed by atoms with Crippen LogP contribution >= 0.6 is 11.3 Å². The summed E-state index contributed by atoms with van der Waals surface area (Å²) >= 11 is 0.928. The van der Waals surface area contributed by atoms with Gasteiger partial charge in [-0.2, -0.15) is 13.2 Å². The number of rotatable bonds is 7. The first-order valence-corrected chi connectivity index (χ1v) is 14.4. The molecule has 1 saturated heterocycles. The van der Waals surface area contributed by atoms with Crippen LogP contribution in [0.25, 0.3) is 32.6 Å². The van der Waals surface area contributed by atoms with E-state index in [-0.39, 0.29) is 17.3 Å².